The number of nitrogens with zero attached hydrogens (tertiary/aromatic N) is 2. The highest BCUT2D eigenvalue weighted by atomic mass is 16.5. The number of methoxy groups -OCH3 is 1. The minimum atomic E-state index is -0.746. The summed E-state index contributed by atoms with van der Waals surface area (Å²) < 4.78 is 10.3. The molecule has 2 aromatic rings. The molecule has 1 aliphatic rings. The van der Waals surface area contributed by atoms with Crippen molar-refractivity contribution in [3.63, 3.8) is 0 Å². The summed E-state index contributed by atoms with van der Waals surface area (Å²) in [5.74, 6) is 0.511. The fraction of sp³-hybridized carbons (Fsp3) is 0.474. The molecular formula is C19H23N3O5. The van der Waals surface area contributed by atoms with E-state index in [4.69, 9.17) is 14.4 Å². The largest absolute Gasteiger partial charge is 0.497 e. The molecule has 1 aromatic carbocycles. The normalized spacial score (nSPS) is 19.4. The first-order chi connectivity index (χ1) is 13.0. The Kier molecular flexibility index (Phi) is 6.05. The Labute approximate surface area is 156 Å². The van der Waals surface area contributed by atoms with Crippen LogP contribution in [-0.4, -0.2) is 40.3 Å². The highest BCUT2D eigenvalue weighted by Gasteiger charge is 2.26. The number of amides is 1. The standard InChI is InChI=1S/C19H23N3O5/c1-26-15-8-4-12(5-9-15)18-21-17(27-22-18)11-10-16(23)20-14-6-2-13(3-7-14)19(24)25/h4-5,8-9,13-14H,2-3,6-7,10-11H2,1H3,(H,20,23)(H,24,25). The van der Waals surface area contributed by atoms with Gasteiger partial charge in [-0.1, -0.05) is 5.16 Å². The molecule has 1 amide bonds. The number of carboxylic acid groups (broad SMARTS) is 1. The van der Waals surface area contributed by atoms with E-state index in [1.807, 2.05) is 24.3 Å². The highest BCUT2D eigenvalue weighted by Crippen LogP contribution is 2.24. The topological polar surface area (TPSA) is 115 Å². The lowest BCUT2D eigenvalue weighted by Gasteiger charge is -2.26. The van der Waals surface area contributed by atoms with Crippen LogP contribution >= 0.6 is 0 Å². The van der Waals surface area contributed by atoms with Gasteiger partial charge in [0.05, 0.1) is 13.0 Å². The first kappa shape index (κ1) is 18.9. The van der Waals surface area contributed by atoms with Gasteiger partial charge in [-0.3, -0.25) is 9.59 Å². The maximum absolute atomic E-state index is 12.1. The molecule has 3 rings (SSSR count). The lowest BCUT2D eigenvalue weighted by atomic mass is 9.86. The molecular weight excluding hydrogens is 350 g/mol. The third kappa shape index (κ3) is 5.06. The van der Waals surface area contributed by atoms with Crippen LogP contribution < -0.4 is 10.1 Å². The van der Waals surface area contributed by atoms with Gasteiger partial charge in [-0.15, -0.1) is 0 Å². The lowest BCUT2D eigenvalue weighted by molar-refractivity contribution is -0.142. The van der Waals surface area contributed by atoms with Crippen LogP contribution in [0.4, 0.5) is 0 Å². The molecule has 0 unspecified atom stereocenters. The lowest BCUT2D eigenvalue weighted by Crippen LogP contribution is -2.38. The summed E-state index contributed by atoms with van der Waals surface area (Å²) in [6.07, 6.45) is 3.22. The number of nitrogens with one attached hydrogen (secondary N) is 1. The Bertz CT molecular complexity index is 779. The van der Waals surface area contributed by atoms with Gasteiger partial charge in [-0.25, -0.2) is 0 Å². The molecule has 1 heterocycles. The van der Waals surface area contributed by atoms with Crippen LogP contribution in [0.15, 0.2) is 28.8 Å². The summed E-state index contributed by atoms with van der Waals surface area (Å²) in [7, 11) is 1.60. The van der Waals surface area contributed by atoms with Gasteiger partial charge in [0.1, 0.15) is 5.75 Å². The minimum Gasteiger partial charge on any atom is -0.497 e. The molecule has 0 aliphatic heterocycles. The molecule has 0 radical (unpaired) electrons. The van der Waals surface area contributed by atoms with Gasteiger partial charge < -0.3 is 19.7 Å². The van der Waals surface area contributed by atoms with Crippen LogP contribution in [0.5, 0.6) is 5.75 Å². The molecule has 8 nitrogen and oxygen atoms in total. The SMILES string of the molecule is COc1ccc(-c2noc(CCC(=O)NC3CCC(C(=O)O)CC3)n2)cc1. The Balaban J connectivity index is 1.45. The minimum absolute atomic E-state index is 0.0469. The number of aromatic nitrogens is 2. The second kappa shape index (κ2) is 8.66. The third-order valence-electron chi connectivity index (χ3n) is 4.82. The number of carboxylic acids is 1. The summed E-state index contributed by atoms with van der Waals surface area (Å²) in [4.78, 5) is 27.4. The molecule has 2 N–H and O–H groups in total. The van der Waals surface area contributed by atoms with Crippen molar-refractivity contribution in [1.29, 1.82) is 0 Å². The molecule has 1 fully saturated rings. The number of ether oxygens (including phenoxy) is 1. The number of benzene rings is 1. The fourth-order valence-corrected chi connectivity index (χ4v) is 3.22. The van der Waals surface area contributed by atoms with E-state index in [0.717, 1.165) is 11.3 Å². The molecule has 1 saturated carbocycles. The molecule has 0 saturated heterocycles. The second-order valence-electron chi connectivity index (χ2n) is 6.69. The van der Waals surface area contributed by atoms with Crippen molar-refractivity contribution in [3.8, 4) is 17.1 Å². The molecule has 0 spiro atoms. The van der Waals surface area contributed by atoms with Crippen LogP contribution in [0, 0.1) is 5.92 Å². The first-order valence-electron chi connectivity index (χ1n) is 9.04. The molecule has 0 atom stereocenters. The summed E-state index contributed by atoms with van der Waals surface area (Å²) in [6, 6.07) is 7.36. The summed E-state index contributed by atoms with van der Waals surface area (Å²) in [5.41, 5.74) is 0.811. The van der Waals surface area contributed by atoms with Crippen molar-refractivity contribution < 1.29 is 24.0 Å². The predicted molar refractivity (Wildman–Crippen MR) is 96.1 cm³/mol. The highest BCUT2D eigenvalue weighted by molar-refractivity contribution is 5.76. The average Bonchev–Trinajstić information content (AvgIpc) is 3.16. The summed E-state index contributed by atoms with van der Waals surface area (Å²) in [6.45, 7) is 0. The van der Waals surface area contributed by atoms with Gasteiger partial charge in [0.25, 0.3) is 0 Å². The molecule has 1 aliphatic carbocycles. The number of aliphatic carboxylic acids is 1. The summed E-state index contributed by atoms with van der Waals surface area (Å²) >= 11 is 0. The van der Waals surface area contributed by atoms with Crippen LogP contribution in [0.3, 0.4) is 0 Å². The zero-order valence-electron chi connectivity index (χ0n) is 15.2. The number of carbonyl (C=O) groups excluding carboxylic acids is 1. The van der Waals surface area contributed by atoms with E-state index in [1.54, 1.807) is 7.11 Å². The number of aryl methyl sites for hydroxylation is 1. The maximum Gasteiger partial charge on any atom is 0.306 e. The number of hydrogen-bond acceptors (Lipinski definition) is 6. The van der Waals surface area contributed by atoms with Crippen LogP contribution in [0.2, 0.25) is 0 Å². The van der Waals surface area contributed by atoms with Gasteiger partial charge in [0.15, 0.2) is 0 Å². The van der Waals surface area contributed by atoms with Gasteiger partial charge in [-0.05, 0) is 49.9 Å². The van der Waals surface area contributed by atoms with E-state index in [0.29, 0.717) is 43.8 Å². The van der Waals surface area contributed by atoms with Crippen molar-refractivity contribution in [2.75, 3.05) is 7.11 Å². The zero-order chi connectivity index (χ0) is 19.2. The zero-order valence-corrected chi connectivity index (χ0v) is 15.2. The molecule has 27 heavy (non-hydrogen) atoms. The third-order valence-corrected chi connectivity index (χ3v) is 4.82. The Morgan fingerprint density at radius 3 is 2.56 bits per heavy atom. The monoisotopic (exact) mass is 373 g/mol. The second-order valence-corrected chi connectivity index (χ2v) is 6.69. The van der Waals surface area contributed by atoms with Gasteiger partial charge in [-0.2, -0.15) is 4.98 Å². The Morgan fingerprint density at radius 1 is 1.22 bits per heavy atom. The summed E-state index contributed by atoms with van der Waals surface area (Å²) in [5, 5.41) is 15.9. The number of hydrogen-bond donors (Lipinski definition) is 2. The van der Waals surface area contributed by atoms with E-state index >= 15 is 0 Å². The quantitative estimate of drug-likeness (QED) is 0.766. The van der Waals surface area contributed by atoms with Crippen molar-refractivity contribution in [2.45, 2.75) is 44.6 Å². The van der Waals surface area contributed by atoms with Crippen molar-refractivity contribution >= 4 is 11.9 Å². The predicted octanol–water partition coefficient (Wildman–Crippen LogP) is 2.44. The smallest absolute Gasteiger partial charge is 0.306 e. The van der Waals surface area contributed by atoms with E-state index in [-0.39, 0.29) is 24.3 Å². The molecule has 8 heteroatoms. The van der Waals surface area contributed by atoms with E-state index in [9.17, 15) is 9.59 Å². The maximum atomic E-state index is 12.1. The van der Waals surface area contributed by atoms with E-state index < -0.39 is 5.97 Å². The fourth-order valence-electron chi connectivity index (χ4n) is 3.22. The van der Waals surface area contributed by atoms with Crippen LogP contribution in [-0.2, 0) is 16.0 Å². The number of carbonyl (C=O) groups is 2. The number of rotatable bonds is 7. The molecule has 144 valence electrons. The van der Waals surface area contributed by atoms with Gasteiger partial charge in [0, 0.05) is 24.4 Å². The first-order valence-corrected chi connectivity index (χ1v) is 9.04. The van der Waals surface area contributed by atoms with E-state index in [2.05, 4.69) is 15.5 Å². The van der Waals surface area contributed by atoms with Gasteiger partial charge >= 0.3 is 5.97 Å². The van der Waals surface area contributed by atoms with Crippen LogP contribution in [0.1, 0.15) is 38.0 Å². The van der Waals surface area contributed by atoms with Gasteiger partial charge in [0.2, 0.25) is 17.6 Å². The van der Waals surface area contributed by atoms with Crippen LogP contribution in [0.25, 0.3) is 11.4 Å². The molecule has 0 bridgehead atoms. The average molecular weight is 373 g/mol. The van der Waals surface area contributed by atoms with Crippen molar-refractivity contribution in [2.24, 2.45) is 5.92 Å². The Hall–Kier alpha value is -2.90. The Morgan fingerprint density at radius 2 is 1.93 bits per heavy atom. The van der Waals surface area contributed by atoms with Crippen molar-refractivity contribution in [3.05, 3.63) is 30.2 Å². The van der Waals surface area contributed by atoms with Crippen molar-refractivity contribution in [1.82, 2.24) is 15.5 Å². The van der Waals surface area contributed by atoms with E-state index in [1.165, 1.54) is 0 Å². The molecule has 1 aromatic heterocycles.